The zero-order chi connectivity index (χ0) is 5.70. The third kappa shape index (κ3) is 6.26. The van der Waals surface area contributed by atoms with Gasteiger partial charge in [0.25, 0.3) is 0 Å². The summed E-state index contributed by atoms with van der Waals surface area (Å²) in [7, 11) is 0. The maximum absolute atomic E-state index is 3.65. The average molecular weight is 163 g/mol. The molecule has 0 nitrogen and oxygen atoms in total. The molecule has 0 saturated carbocycles. The second kappa shape index (κ2) is 4.42. The summed E-state index contributed by atoms with van der Waals surface area (Å²) in [5.74, 6) is 0. The molecule has 0 heterocycles. The fourth-order valence-electron chi connectivity index (χ4n) is 0.260. The van der Waals surface area contributed by atoms with Crippen molar-refractivity contribution in [3.8, 4) is 0 Å². The summed E-state index contributed by atoms with van der Waals surface area (Å²) in [6.07, 6.45) is 2.00. The van der Waals surface area contributed by atoms with E-state index in [-0.39, 0.29) is 0 Å². The second-order valence-corrected chi connectivity index (χ2v) is 5.05. The molecule has 0 aromatic rings. The Morgan fingerprint density at radius 2 is 2.29 bits per heavy atom. The Morgan fingerprint density at radius 1 is 1.71 bits per heavy atom. The molecule has 7 heavy (non-hydrogen) atoms. The minimum atomic E-state index is 0.807. The molecule has 0 fully saturated rings. The number of hydrogen-bond donors (Lipinski definition) is 0. The van der Waals surface area contributed by atoms with Crippen LogP contribution in [-0.2, 0) is 0 Å². The molecule has 0 rings (SSSR count). The summed E-state index contributed by atoms with van der Waals surface area (Å²) in [4.78, 5) is 0.894. The van der Waals surface area contributed by atoms with Crippen molar-refractivity contribution in [1.82, 2.24) is 0 Å². The number of hydrogen-bond acceptors (Lipinski definition) is 0. The van der Waals surface area contributed by atoms with Gasteiger partial charge in [-0.05, 0) is 0 Å². The zero-order valence-electron chi connectivity index (χ0n) is 4.98. The monoisotopic (exact) mass is 164 g/mol. The van der Waals surface area contributed by atoms with Crippen molar-refractivity contribution in [1.29, 1.82) is 0 Å². The molecule has 0 amide bonds. The molecule has 0 aliphatic carbocycles. The summed E-state index contributed by atoms with van der Waals surface area (Å²) in [6.45, 7) is 8.16. The van der Waals surface area contributed by atoms with Gasteiger partial charge in [-0.3, -0.25) is 0 Å². The first-order valence-electron chi connectivity index (χ1n) is 2.50. The first kappa shape index (κ1) is 7.26. The van der Waals surface area contributed by atoms with E-state index in [2.05, 4.69) is 20.4 Å². The quantitative estimate of drug-likeness (QED) is 0.441. The molecule has 0 saturated heterocycles. The van der Waals surface area contributed by atoms with Gasteiger partial charge in [0, 0.05) is 0 Å². The predicted octanol–water partition coefficient (Wildman–Crippen LogP) is 2.12. The van der Waals surface area contributed by atoms with E-state index in [1.165, 1.54) is 5.32 Å². The van der Waals surface area contributed by atoms with Crippen LogP contribution in [0.3, 0.4) is 0 Å². The van der Waals surface area contributed by atoms with E-state index in [1.54, 1.807) is 0 Å². The van der Waals surface area contributed by atoms with Gasteiger partial charge in [0.2, 0.25) is 0 Å². The van der Waals surface area contributed by atoms with Crippen LogP contribution in [0, 0.1) is 0 Å². The van der Waals surface area contributed by atoms with Crippen molar-refractivity contribution in [3.63, 3.8) is 0 Å². The van der Waals surface area contributed by atoms with E-state index in [9.17, 15) is 0 Å². The Bertz CT molecular complexity index is 48.1. The molecule has 0 aromatic heterocycles. The van der Waals surface area contributed by atoms with Gasteiger partial charge in [-0.2, -0.15) is 0 Å². The van der Waals surface area contributed by atoms with Gasteiger partial charge in [0.15, 0.2) is 0 Å². The minimum absolute atomic E-state index is 0.807. The van der Waals surface area contributed by atoms with Gasteiger partial charge in [-0.1, -0.05) is 0 Å². The van der Waals surface area contributed by atoms with Crippen molar-refractivity contribution >= 4 is 15.0 Å². The molecule has 42 valence electrons. The van der Waals surface area contributed by atoms with Crippen LogP contribution in [0.4, 0.5) is 0 Å². The Morgan fingerprint density at radius 3 is 2.43 bits per heavy atom. The number of rotatable bonds is 3. The molecule has 0 bridgehead atoms. The van der Waals surface area contributed by atoms with Gasteiger partial charge in [-0.15, -0.1) is 0 Å². The van der Waals surface area contributed by atoms with Crippen molar-refractivity contribution < 1.29 is 0 Å². The molecule has 0 aromatic carbocycles. The maximum atomic E-state index is 3.65. The van der Waals surface area contributed by atoms with Crippen LogP contribution in [0.25, 0.3) is 0 Å². The zero-order valence-corrected chi connectivity index (χ0v) is 6.69. The molecule has 0 aliphatic rings. The molecule has 0 aliphatic heterocycles. The molecule has 1 heteroatoms. The second-order valence-electron chi connectivity index (χ2n) is 1.67. The SMILES string of the molecule is C=CC[Se]C(C)C. The van der Waals surface area contributed by atoms with Gasteiger partial charge in [0.05, 0.1) is 0 Å². The predicted molar refractivity (Wildman–Crippen MR) is 35.9 cm³/mol. The fraction of sp³-hybridized carbons (Fsp3) is 0.667. The van der Waals surface area contributed by atoms with Crippen LogP contribution in [0.2, 0.25) is 10.1 Å². The third-order valence-corrected chi connectivity index (χ3v) is 2.84. The molecule has 0 atom stereocenters. The van der Waals surface area contributed by atoms with Crippen LogP contribution in [-0.4, -0.2) is 15.0 Å². The van der Waals surface area contributed by atoms with Crippen molar-refractivity contribution in [2.45, 2.75) is 24.0 Å². The Balaban J connectivity index is 2.81. The van der Waals surface area contributed by atoms with Gasteiger partial charge in [-0.25, -0.2) is 0 Å². The molecule has 0 spiro atoms. The Kier molecular flexibility index (Phi) is 4.58. The van der Waals surface area contributed by atoms with Gasteiger partial charge in [0.1, 0.15) is 0 Å². The van der Waals surface area contributed by atoms with E-state index in [4.69, 9.17) is 0 Å². The van der Waals surface area contributed by atoms with Gasteiger partial charge < -0.3 is 0 Å². The summed E-state index contributed by atoms with van der Waals surface area (Å²) in [5.41, 5.74) is 0. The molecule has 0 radical (unpaired) electrons. The van der Waals surface area contributed by atoms with Crippen LogP contribution in [0.1, 0.15) is 13.8 Å². The van der Waals surface area contributed by atoms with Crippen LogP contribution in [0.5, 0.6) is 0 Å². The van der Waals surface area contributed by atoms with Crippen LogP contribution < -0.4 is 0 Å². The van der Waals surface area contributed by atoms with Crippen molar-refractivity contribution in [2.24, 2.45) is 0 Å². The van der Waals surface area contributed by atoms with Crippen LogP contribution in [0.15, 0.2) is 12.7 Å². The normalized spacial score (nSPS) is 9.57. The van der Waals surface area contributed by atoms with E-state index < -0.39 is 0 Å². The van der Waals surface area contributed by atoms with E-state index in [1.807, 2.05) is 6.08 Å². The van der Waals surface area contributed by atoms with E-state index in [0.29, 0.717) is 0 Å². The molecule has 0 unspecified atom stereocenters. The third-order valence-electron chi connectivity index (χ3n) is 0.547. The summed E-state index contributed by atoms with van der Waals surface area (Å²) < 4.78 is 0. The summed E-state index contributed by atoms with van der Waals surface area (Å²) in [5, 5.41) is 1.23. The fourth-order valence-corrected chi connectivity index (χ4v) is 1.35. The number of allylic oxidation sites excluding steroid dienone is 1. The van der Waals surface area contributed by atoms with Crippen molar-refractivity contribution in [3.05, 3.63) is 12.7 Å². The van der Waals surface area contributed by atoms with Crippen molar-refractivity contribution in [2.75, 3.05) is 0 Å². The molecule has 0 N–H and O–H groups in total. The Hall–Kier alpha value is 0.259. The standard InChI is InChI=1S/C6H12Se/c1-4-5-7-6(2)3/h4,6H,1,5H2,2-3H3. The molecular formula is C6H12Se. The topological polar surface area (TPSA) is 0 Å². The first-order chi connectivity index (χ1) is 3.27. The van der Waals surface area contributed by atoms with Crippen LogP contribution >= 0.6 is 0 Å². The van der Waals surface area contributed by atoms with Gasteiger partial charge >= 0.3 is 51.6 Å². The summed E-state index contributed by atoms with van der Waals surface area (Å²) >= 11 is 0.807. The van der Waals surface area contributed by atoms with E-state index >= 15 is 0 Å². The average Bonchev–Trinajstić information content (AvgIpc) is 1.61. The summed E-state index contributed by atoms with van der Waals surface area (Å²) in [6, 6.07) is 0. The first-order valence-corrected chi connectivity index (χ1v) is 4.70. The molecular weight excluding hydrogens is 151 g/mol. The van der Waals surface area contributed by atoms with E-state index in [0.717, 1.165) is 19.8 Å². The Labute approximate surface area is 52.2 Å².